The van der Waals surface area contributed by atoms with Crippen LogP contribution >= 0.6 is 0 Å². The molecule has 6 nitrogen and oxygen atoms in total. The van der Waals surface area contributed by atoms with Crippen molar-refractivity contribution in [3.05, 3.63) is 42.2 Å². The maximum atomic E-state index is 5.99. The Kier molecular flexibility index (Phi) is 3.27. The van der Waals surface area contributed by atoms with E-state index in [0.717, 1.165) is 11.1 Å². The van der Waals surface area contributed by atoms with E-state index in [9.17, 15) is 0 Å². The van der Waals surface area contributed by atoms with E-state index < -0.39 is 0 Å². The number of aromatic nitrogens is 3. The van der Waals surface area contributed by atoms with Crippen LogP contribution in [0.4, 0.5) is 5.69 Å². The third kappa shape index (κ3) is 2.43. The summed E-state index contributed by atoms with van der Waals surface area (Å²) in [5, 5.41) is 3.99. The van der Waals surface area contributed by atoms with E-state index in [-0.39, 0.29) is 0 Å². The quantitative estimate of drug-likeness (QED) is 0.743. The smallest absolute Gasteiger partial charge is 0.260 e. The lowest BCUT2D eigenvalue weighted by molar-refractivity contribution is 0.414. The van der Waals surface area contributed by atoms with Gasteiger partial charge in [-0.15, -0.1) is 0 Å². The van der Waals surface area contributed by atoms with Gasteiger partial charge in [-0.2, -0.15) is 4.98 Å². The summed E-state index contributed by atoms with van der Waals surface area (Å²) in [6.07, 6.45) is 3.43. The standard InChI is InChI=1S/C15H14N4O2/c1-9-5-6-17-8-12(9)14-18-15(21-19-14)11-4-3-10(20-2)7-13(11)16/h3-8H,16H2,1-2H3. The highest BCUT2D eigenvalue weighted by Gasteiger charge is 2.14. The zero-order valence-electron chi connectivity index (χ0n) is 11.7. The Morgan fingerprint density at radius 3 is 2.76 bits per heavy atom. The van der Waals surface area contributed by atoms with Crippen molar-refractivity contribution in [3.8, 4) is 28.6 Å². The average molecular weight is 282 g/mol. The summed E-state index contributed by atoms with van der Waals surface area (Å²) in [5.41, 5.74) is 9.05. The number of ether oxygens (including phenoxy) is 1. The number of methoxy groups -OCH3 is 1. The van der Waals surface area contributed by atoms with Crippen molar-refractivity contribution >= 4 is 5.69 Å². The second-order valence-electron chi connectivity index (χ2n) is 4.57. The van der Waals surface area contributed by atoms with Gasteiger partial charge in [0.05, 0.1) is 12.7 Å². The first-order valence-electron chi connectivity index (χ1n) is 6.37. The van der Waals surface area contributed by atoms with Crippen LogP contribution in [0.3, 0.4) is 0 Å². The van der Waals surface area contributed by atoms with Gasteiger partial charge in [0.25, 0.3) is 5.89 Å². The summed E-state index contributed by atoms with van der Waals surface area (Å²) in [6, 6.07) is 7.20. The molecule has 3 aromatic rings. The van der Waals surface area contributed by atoms with Crippen LogP contribution < -0.4 is 10.5 Å². The topological polar surface area (TPSA) is 87.1 Å². The lowest BCUT2D eigenvalue weighted by Crippen LogP contribution is -1.92. The Morgan fingerprint density at radius 1 is 1.19 bits per heavy atom. The van der Waals surface area contributed by atoms with E-state index in [4.69, 9.17) is 15.0 Å². The molecule has 0 saturated carbocycles. The molecule has 0 aliphatic carbocycles. The van der Waals surface area contributed by atoms with Gasteiger partial charge in [0.2, 0.25) is 5.82 Å². The molecule has 0 spiro atoms. The Balaban J connectivity index is 2.01. The first-order valence-corrected chi connectivity index (χ1v) is 6.37. The van der Waals surface area contributed by atoms with Gasteiger partial charge in [-0.1, -0.05) is 5.16 Å². The number of nitrogen functional groups attached to an aromatic ring is 1. The van der Waals surface area contributed by atoms with Crippen molar-refractivity contribution in [3.63, 3.8) is 0 Å². The fourth-order valence-corrected chi connectivity index (χ4v) is 2.00. The van der Waals surface area contributed by atoms with Crippen LogP contribution in [0.2, 0.25) is 0 Å². The van der Waals surface area contributed by atoms with Gasteiger partial charge in [0.1, 0.15) is 5.75 Å². The lowest BCUT2D eigenvalue weighted by atomic mass is 10.1. The normalized spacial score (nSPS) is 10.6. The van der Waals surface area contributed by atoms with Gasteiger partial charge in [0.15, 0.2) is 0 Å². The van der Waals surface area contributed by atoms with E-state index >= 15 is 0 Å². The summed E-state index contributed by atoms with van der Waals surface area (Å²) in [4.78, 5) is 8.47. The maximum Gasteiger partial charge on any atom is 0.260 e. The van der Waals surface area contributed by atoms with E-state index in [1.54, 1.807) is 37.7 Å². The third-order valence-corrected chi connectivity index (χ3v) is 3.20. The summed E-state index contributed by atoms with van der Waals surface area (Å²) in [7, 11) is 1.59. The van der Waals surface area contributed by atoms with E-state index in [0.29, 0.717) is 28.7 Å². The molecule has 2 heterocycles. The van der Waals surface area contributed by atoms with E-state index in [1.165, 1.54) is 0 Å². The highest BCUT2D eigenvalue weighted by atomic mass is 16.5. The zero-order chi connectivity index (χ0) is 14.8. The molecule has 1 aromatic carbocycles. The number of rotatable bonds is 3. The number of hydrogen-bond donors (Lipinski definition) is 1. The first kappa shape index (κ1) is 13.1. The van der Waals surface area contributed by atoms with Crippen molar-refractivity contribution < 1.29 is 9.26 Å². The third-order valence-electron chi connectivity index (χ3n) is 3.20. The molecule has 21 heavy (non-hydrogen) atoms. The Labute approximate surface area is 121 Å². The number of aryl methyl sites for hydroxylation is 1. The van der Waals surface area contributed by atoms with Gasteiger partial charge in [-0.05, 0) is 30.7 Å². The van der Waals surface area contributed by atoms with Crippen LogP contribution in [0.1, 0.15) is 5.56 Å². The van der Waals surface area contributed by atoms with Gasteiger partial charge in [-0.3, -0.25) is 4.98 Å². The first-order chi connectivity index (χ1) is 10.2. The average Bonchev–Trinajstić information content (AvgIpc) is 2.97. The van der Waals surface area contributed by atoms with E-state index in [2.05, 4.69) is 15.1 Å². The molecular formula is C15H14N4O2. The highest BCUT2D eigenvalue weighted by Crippen LogP contribution is 2.30. The van der Waals surface area contributed by atoms with Gasteiger partial charge < -0.3 is 15.0 Å². The monoisotopic (exact) mass is 282 g/mol. The van der Waals surface area contributed by atoms with Gasteiger partial charge >= 0.3 is 0 Å². The Morgan fingerprint density at radius 2 is 2.05 bits per heavy atom. The predicted molar refractivity (Wildman–Crippen MR) is 78.7 cm³/mol. The number of nitrogens with two attached hydrogens (primary N) is 1. The maximum absolute atomic E-state index is 5.99. The molecule has 3 rings (SSSR count). The molecule has 0 atom stereocenters. The second kappa shape index (κ2) is 5.24. The molecule has 2 N–H and O–H groups in total. The SMILES string of the molecule is COc1ccc(-c2nc(-c3cnccc3C)no2)c(N)c1. The van der Waals surface area contributed by atoms with Crippen molar-refractivity contribution in [2.45, 2.75) is 6.92 Å². The van der Waals surface area contributed by atoms with Crippen molar-refractivity contribution in [1.29, 1.82) is 0 Å². The van der Waals surface area contributed by atoms with Crippen LogP contribution in [0, 0.1) is 6.92 Å². The van der Waals surface area contributed by atoms with Crippen molar-refractivity contribution in [1.82, 2.24) is 15.1 Å². The Bertz CT molecular complexity index is 783. The second-order valence-corrected chi connectivity index (χ2v) is 4.57. The van der Waals surface area contributed by atoms with Crippen LogP contribution in [0.5, 0.6) is 5.75 Å². The number of nitrogens with zero attached hydrogens (tertiary/aromatic N) is 3. The van der Waals surface area contributed by atoms with Crippen LogP contribution in [0.25, 0.3) is 22.8 Å². The molecule has 0 radical (unpaired) electrons. The van der Waals surface area contributed by atoms with Crippen molar-refractivity contribution in [2.24, 2.45) is 0 Å². The minimum atomic E-state index is 0.369. The Hall–Kier alpha value is -2.89. The molecule has 0 saturated heterocycles. The van der Waals surface area contributed by atoms with Crippen LogP contribution in [-0.2, 0) is 0 Å². The van der Waals surface area contributed by atoms with Crippen molar-refractivity contribution in [2.75, 3.05) is 12.8 Å². The summed E-state index contributed by atoms with van der Waals surface area (Å²) in [6.45, 7) is 1.97. The van der Waals surface area contributed by atoms with Gasteiger partial charge in [0, 0.05) is 29.7 Å². The van der Waals surface area contributed by atoms with Crippen LogP contribution in [-0.4, -0.2) is 22.2 Å². The molecule has 0 aliphatic rings. The van der Waals surface area contributed by atoms with Gasteiger partial charge in [-0.25, -0.2) is 0 Å². The minimum absolute atomic E-state index is 0.369. The number of benzene rings is 1. The van der Waals surface area contributed by atoms with Crippen LogP contribution in [0.15, 0.2) is 41.2 Å². The zero-order valence-corrected chi connectivity index (χ0v) is 11.7. The fourth-order valence-electron chi connectivity index (χ4n) is 2.00. The summed E-state index contributed by atoms with van der Waals surface area (Å²) >= 11 is 0. The van der Waals surface area contributed by atoms with E-state index in [1.807, 2.05) is 13.0 Å². The molecule has 0 fully saturated rings. The summed E-state index contributed by atoms with van der Waals surface area (Å²) in [5.74, 6) is 1.54. The summed E-state index contributed by atoms with van der Waals surface area (Å²) < 4.78 is 10.4. The highest BCUT2D eigenvalue weighted by molar-refractivity contribution is 5.73. The molecular weight excluding hydrogens is 268 g/mol. The largest absolute Gasteiger partial charge is 0.497 e. The molecule has 0 aliphatic heterocycles. The molecule has 6 heteroatoms. The number of pyridine rings is 1. The lowest BCUT2D eigenvalue weighted by Gasteiger charge is -2.03. The molecule has 106 valence electrons. The minimum Gasteiger partial charge on any atom is -0.497 e. The molecule has 0 amide bonds. The predicted octanol–water partition coefficient (Wildman–Crippen LogP) is 2.70. The fraction of sp³-hybridized carbons (Fsp3) is 0.133. The number of anilines is 1. The molecule has 0 unspecified atom stereocenters. The molecule has 2 aromatic heterocycles. The number of hydrogen-bond acceptors (Lipinski definition) is 6. The molecule has 0 bridgehead atoms.